The lowest BCUT2D eigenvalue weighted by Gasteiger charge is -2.33. The number of piperidine rings is 2. The van der Waals surface area contributed by atoms with E-state index in [2.05, 4.69) is 19.8 Å². The van der Waals surface area contributed by atoms with Gasteiger partial charge >= 0.3 is 6.18 Å². The van der Waals surface area contributed by atoms with Crippen LogP contribution < -0.4 is 10.0 Å². The molecule has 3 aliphatic rings. The number of benzene rings is 1. The summed E-state index contributed by atoms with van der Waals surface area (Å²) in [6.07, 6.45) is -1.91. The second-order valence-corrected chi connectivity index (χ2v) is 15.0. The van der Waals surface area contributed by atoms with Crippen LogP contribution in [0, 0.1) is 0 Å². The van der Waals surface area contributed by atoms with Crippen molar-refractivity contribution in [3.05, 3.63) is 35.0 Å². The number of halogens is 4. The Balaban J connectivity index is 1.28. The number of likely N-dealkylation sites (tertiary alicyclic amines) is 2. The maximum Gasteiger partial charge on any atom is 0.417 e. The van der Waals surface area contributed by atoms with E-state index in [0.717, 1.165) is 30.1 Å². The SMILES string of the molecule is CS(=O)(=O)NC1CCN(CC(O)Cn2nc(-c3ccc(C(F)(F)F)c(SCCN4CCC(F)CC4)c3)c3c2CCNC3)CC1. The van der Waals surface area contributed by atoms with Gasteiger partial charge in [-0.25, -0.2) is 17.5 Å². The molecule has 15 heteroatoms. The molecule has 44 heavy (non-hydrogen) atoms. The van der Waals surface area contributed by atoms with Gasteiger partial charge in [-0.15, -0.1) is 11.8 Å². The average Bonchev–Trinajstić information content (AvgIpc) is 3.32. The lowest BCUT2D eigenvalue weighted by molar-refractivity contribution is -0.139. The van der Waals surface area contributed by atoms with Gasteiger partial charge in [-0.1, -0.05) is 6.07 Å². The fourth-order valence-electron chi connectivity index (χ4n) is 6.33. The van der Waals surface area contributed by atoms with Crippen molar-refractivity contribution in [3.63, 3.8) is 0 Å². The van der Waals surface area contributed by atoms with Crippen molar-refractivity contribution in [2.45, 2.75) is 74.6 Å². The second kappa shape index (κ2) is 14.3. The standard InChI is InChI=1S/C29H42F4N6O3S2/c1-44(41,42)36-22-7-12-38(13-8-22)18-23(40)19-39-26-4-9-34-17-24(26)28(35-39)20-2-3-25(29(31,32)33)27(16-20)43-15-14-37-10-5-21(30)6-11-37/h2-3,16,21-23,34,36,40H,4-15,17-19H2,1H3. The number of thioether (sulfide) groups is 1. The maximum absolute atomic E-state index is 14.0. The summed E-state index contributed by atoms with van der Waals surface area (Å²) >= 11 is 1.17. The lowest BCUT2D eigenvalue weighted by Crippen LogP contribution is -2.46. The smallest absolute Gasteiger partial charge is 0.390 e. The van der Waals surface area contributed by atoms with Gasteiger partial charge in [0, 0.05) is 79.2 Å². The predicted octanol–water partition coefficient (Wildman–Crippen LogP) is 3.12. The zero-order chi connectivity index (χ0) is 31.5. The Labute approximate surface area is 260 Å². The van der Waals surface area contributed by atoms with Crippen molar-refractivity contribution in [1.82, 2.24) is 29.6 Å². The molecule has 9 nitrogen and oxygen atoms in total. The molecule has 1 aromatic carbocycles. The van der Waals surface area contributed by atoms with Crippen molar-refractivity contribution in [2.24, 2.45) is 0 Å². The highest BCUT2D eigenvalue weighted by molar-refractivity contribution is 7.99. The van der Waals surface area contributed by atoms with Crippen LogP contribution in [-0.4, -0.2) is 109 Å². The third-order valence-electron chi connectivity index (χ3n) is 8.57. The van der Waals surface area contributed by atoms with Crippen molar-refractivity contribution in [1.29, 1.82) is 0 Å². The molecule has 4 heterocycles. The van der Waals surface area contributed by atoms with E-state index >= 15 is 0 Å². The third kappa shape index (κ3) is 8.95. The monoisotopic (exact) mass is 662 g/mol. The summed E-state index contributed by atoms with van der Waals surface area (Å²) in [6, 6.07) is 4.08. The first-order chi connectivity index (χ1) is 20.9. The molecule has 1 unspecified atom stereocenters. The van der Waals surface area contributed by atoms with E-state index in [1.807, 2.05) is 0 Å². The lowest BCUT2D eigenvalue weighted by atomic mass is 10.0. The molecule has 0 spiro atoms. The van der Waals surface area contributed by atoms with Gasteiger partial charge in [-0.3, -0.25) is 4.68 Å². The molecule has 0 radical (unpaired) electrons. The largest absolute Gasteiger partial charge is 0.417 e. The number of nitrogens with one attached hydrogen (secondary N) is 2. The van der Waals surface area contributed by atoms with Crippen LogP contribution in [0.4, 0.5) is 17.6 Å². The number of β-amino-alcohol motifs (C(OH)–C–C–N with tert-alkyl or cyclic N) is 1. The zero-order valence-corrected chi connectivity index (χ0v) is 26.6. The van der Waals surface area contributed by atoms with E-state index in [4.69, 9.17) is 5.10 Å². The van der Waals surface area contributed by atoms with Gasteiger partial charge in [-0.2, -0.15) is 18.3 Å². The Morgan fingerprint density at radius 3 is 2.50 bits per heavy atom. The number of rotatable bonds is 11. The Morgan fingerprint density at radius 2 is 1.82 bits per heavy atom. The Hall–Kier alpha value is -1.75. The summed E-state index contributed by atoms with van der Waals surface area (Å²) in [7, 11) is -3.26. The molecule has 246 valence electrons. The molecule has 1 atom stereocenters. The molecule has 0 aliphatic carbocycles. The number of hydrogen-bond acceptors (Lipinski definition) is 8. The number of alkyl halides is 4. The molecule has 1 aromatic heterocycles. The quantitative estimate of drug-likeness (QED) is 0.249. The minimum atomic E-state index is -4.49. The highest BCUT2D eigenvalue weighted by Crippen LogP contribution is 2.40. The normalized spacial score (nSPS) is 20.6. The number of nitrogens with zero attached hydrogens (tertiary/aromatic N) is 4. The van der Waals surface area contributed by atoms with E-state index in [1.54, 1.807) is 10.7 Å². The van der Waals surface area contributed by atoms with Crippen molar-refractivity contribution in [2.75, 3.05) is 57.8 Å². The van der Waals surface area contributed by atoms with Crippen LogP contribution in [0.25, 0.3) is 11.3 Å². The molecule has 3 N–H and O–H groups in total. The first-order valence-corrected chi connectivity index (χ1v) is 18.1. The van der Waals surface area contributed by atoms with Crippen LogP contribution in [0.1, 0.15) is 42.5 Å². The van der Waals surface area contributed by atoms with Gasteiger partial charge in [0.25, 0.3) is 0 Å². The molecule has 0 bridgehead atoms. The molecule has 2 saturated heterocycles. The Kier molecular flexibility index (Phi) is 11.0. The Morgan fingerprint density at radius 1 is 1.11 bits per heavy atom. The van der Waals surface area contributed by atoms with E-state index in [-0.39, 0.29) is 17.5 Å². The summed E-state index contributed by atoms with van der Waals surface area (Å²) in [5, 5.41) is 19.2. The number of hydrogen-bond donors (Lipinski definition) is 3. The van der Waals surface area contributed by atoms with Crippen molar-refractivity contribution >= 4 is 21.8 Å². The predicted molar refractivity (Wildman–Crippen MR) is 163 cm³/mol. The fraction of sp³-hybridized carbons (Fsp3) is 0.690. The number of aromatic nitrogens is 2. The first-order valence-electron chi connectivity index (χ1n) is 15.2. The van der Waals surface area contributed by atoms with Crippen LogP contribution in [0.5, 0.6) is 0 Å². The maximum atomic E-state index is 14.0. The van der Waals surface area contributed by atoms with Gasteiger partial charge in [0.05, 0.1) is 30.2 Å². The number of sulfonamides is 1. The van der Waals surface area contributed by atoms with Gasteiger partial charge in [0.2, 0.25) is 10.0 Å². The summed E-state index contributed by atoms with van der Waals surface area (Å²) in [5.41, 5.74) is 2.45. The molecule has 2 fully saturated rings. The van der Waals surface area contributed by atoms with Gasteiger partial charge in [0.1, 0.15) is 6.17 Å². The minimum absolute atomic E-state index is 0.104. The van der Waals surface area contributed by atoms with Crippen LogP contribution in [0.15, 0.2) is 23.1 Å². The zero-order valence-electron chi connectivity index (χ0n) is 25.0. The summed E-state index contributed by atoms with van der Waals surface area (Å²) in [6.45, 7) is 5.10. The van der Waals surface area contributed by atoms with Gasteiger partial charge in [0.15, 0.2) is 0 Å². The molecule has 3 aliphatic heterocycles. The molecule has 0 amide bonds. The van der Waals surface area contributed by atoms with E-state index in [9.17, 15) is 31.1 Å². The highest BCUT2D eigenvalue weighted by atomic mass is 32.2. The summed E-state index contributed by atoms with van der Waals surface area (Å²) < 4.78 is 82.9. The van der Waals surface area contributed by atoms with Gasteiger partial charge in [-0.05, 0) is 50.9 Å². The van der Waals surface area contributed by atoms with E-state index in [0.29, 0.717) is 94.9 Å². The number of aliphatic hydroxyl groups is 1. The fourth-order valence-corrected chi connectivity index (χ4v) is 8.29. The topological polar surface area (TPSA) is 103 Å². The van der Waals surface area contributed by atoms with E-state index < -0.39 is 34.0 Å². The number of fused-ring (bicyclic) bond motifs is 1. The molecular weight excluding hydrogens is 620 g/mol. The first kappa shape index (κ1) is 33.6. The summed E-state index contributed by atoms with van der Waals surface area (Å²) in [5.74, 6) is 0.464. The molecule has 0 saturated carbocycles. The van der Waals surface area contributed by atoms with Crippen LogP contribution >= 0.6 is 11.8 Å². The van der Waals surface area contributed by atoms with Crippen molar-refractivity contribution in [3.8, 4) is 11.3 Å². The number of aliphatic hydroxyl groups excluding tert-OH is 1. The van der Waals surface area contributed by atoms with Gasteiger partial charge < -0.3 is 20.2 Å². The molecule has 2 aromatic rings. The molecule has 5 rings (SSSR count). The highest BCUT2D eigenvalue weighted by Gasteiger charge is 2.34. The van der Waals surface area contributed by atoms with Crippen LogP contribution in [0.3, 0.4) is 0 Å². The van der Waals surface area contributed by atoms with Crippen LogP contribution in [0.2, 0.25) is 0 Å². The van der Waals surface area contributed by atoms with Crippen molar-refractivity contribution < 1.29 is 31.1 Å². The Bertz CT molecular complexity index is 1370. The minimum Gasteiger partial charge on any atom is -0.390 e. The van der Waals surface area contributed by atoms with Crippen LogP contribution in [-0.2, 0) is 35.7 Å². The molecular formula is C29H42F4N6O3S2. The summed E-state index contributed by atoms with van der Waals surface area (Å²) in [4.78, 5) is 4.36. The van der Waals surface area contributed by atoms with E-state index in [1.165, 1.54) is 17.8 Å². The second-order valence-electron chi connectivity index (χ2n) is 12.1. The third-order valence-corrected chi connectivity index (χ3v) is 10.4. The average molecular weight is 663 g/mol.